The average Bonchev–Trinajstić information content (AvgIpc) is 3.20. The summed E-state index contributed by atoms with van der Waals surface area (Å²) in [6.45, 7) is 8.18. The highest BCUT2D eigenvalue weighted by Gasteiger charge is 2.12. The maximum Gasteiger partial charge on any atom is 0.167 e. The molecule has 0 amide bonds. The van der Waals surface area contributed by atoms with Gasteiger partial charge in [-0.25, -0.2) is 8.78 Å². The van der Waals surface area contributed by atoms with Gasteiger partial charge in [0.25, 0.3) is 0 Å². The first kappa shape index (κ1) is 21.7. The highest BCUT2D eigenvalue weighted by molar-refractivity contribution is 5.87. The molecule has 0 aliphatic heterocycles. The molecule has 0 aliphatic carbocycles. The molecule has 30 heavy (non-hydrogen) atoms. The van der Waals surface area contributed by atoms with Crippen LogP contribution in [0.5, 0.6) is 11.5 Å². The molecule has 0 unspecified atom stereocenters. The van der Waals surface area contributed by atoms with Gasteiger partial charge in [0.05, 0.1) is 14.2 Å². The summed E-state index contributed by atoms with van der Waals surface area (Å²) in [5.74, 6) is -0.0461. The summed E-state index contributed by atoms with van der Waals surface area (Å²) in [4.78, 5) is 6.35. The summed E-state index contributed by atoms with van der Waals surface area (Å²) in [7, 11) is 2.96. The lowest BCUT2D eigenvalue weighted by molar-refractivity contribution is 0.387. The van der Waals surface area contributed by atoms with Crippen molar-refractivity contribution in [3.63, 3.8) is 0 Å². The van der Waals surface area contributed by atoms with E-state index in [2.05, 4.69) is 23.8 Å². The van der Waals surface area contributed by atoms with Crippen LogP contribution in [0.4, 0.5) is 8.78 Å². The normalized spacial score (nSPS) is 10.9. The zero-order valence-corrected chi connectivity index (χ0v) is 18.3. The largest absolute Gasteiger partial charge is 0.494 e. The Morgan fingerprint density at radius 3 is 1.37 bits per heavy atom. The molecule has 0 aliphatic rings. The summed E-state index contributed by atoms with van der Waals surface area (Å²) in [5.41, 5.74) is 6.32. The van der Waals surface area contributed by atoms with Crippen molar-refractivity contribution < 1.29 is 18.3 Å². The molecule has 0 spiro atoms. The van der Waals surface area contributed by atoms with E-state index < -0.39 is 0 Å². The maximum absolute atomic E-state index is 13.4. The fraction of sp³-hybridized carbons (Fsp3) is 0.333. The Hall–Kier alpha value is -3.02. The van der Waals surface area contributed by atoms with Gasteiger partial charge in [-0.05, 0) is 49.9 Å². The van der Waals surface area contributed by atoms with Crippen molar-refractivity contribution in [3.05, 3.63) is 58.4 Å². The Morgan fingerprint density at radius 1 is 0.700 bits per heavy atom. The number of benzene rings is 2. The van der Waals surface area contributed by atoms with E-state index in [-0.39, 0.29) is 11.6 Å². The van der Waals surface area contributed by atoms with E-state index in [4.69, 9.17) is 9.47 Å². The Balaban J connectivity index is 0.000000171. The van der Waals surface area contributed by atoms with Gasteiger partial charge in [0.2, 0.25) is 0 Å². The summed E-state index contributed by atoms with van der Waals surface area (Å²) in [6.07, 6.45) is 1.86. The lowest BCUT2D eigenvalue weighted by Gasteiger charge is -2.02. The Kier molecular flexibility index (Phi) is 6.34. The molecule has 0 bridgehead atoms. The summed E-state index contributed by atoms with van der Waals surface area (Å²) >= 11 is 0. The van der Waals surface area contributed by atoms with Crippen molar-refractivity contribution in [2.75, 3.05) is 14.2 Å². The second-order valence-corrected chi connectivity index (χ2v) is 7.23. The minimum absolute atomic E-state index is 0.302. The van der Waals surface area contributed by atoms with Crippen molar-refractivity contribution >= 4 is 21.8 Å². The van der Waals surface area contributed by atoms with E-state index in [9.17, 15) is 8.78 Å². The molecule has 0 saturated heterocycles. The first-order valence-electron chi connectivity index (χ1n) is 10.0. The van der Waals surface area contributed by atoms with Crippen LogP contribution in [0.2, 0.25) is 0 Å². The highest BCUT2D eigenvalue weighted by Crippen LogP contribution is 2.30. The summed E-state index contributed by atoms with van der Waals surface area (Å²) in [6, 6.07) is 6.49. The summed E-state index contributed by atoms with van der Waals surface area (Å²) < 4.78 is 36.8. The van der Waals surface area contributed by atoms with E-state index in [1.165, 1.54) is 37.5 Å². The molecule has 0 atom stereocenters. The van der Waals surface area contributed by atoms with Crippen LogP contribution in [0.25, 0.3) is 21.8 Å². The molecule has 4 rings (SSSR count). The Morgan fingerprint density at radius 2 is 1.07 bits per heavy atom. The van der Waals surface area contributed by atoms with Gasteiger partial charge in [0, 0.05) is 45.3 Å². The molecule has 4 nitrogen and oxygen atoms in total. The molecule has 2 heterocycles. The van der Waals surface area contributed by atoms with Crippen LogP contribution in [-0.4, -0.2) is 24.2 Å². The van der Waals surface area contributed by atoms with Crippen LogP contribution < -0.4 is 9.47 Å². The second kappa shape index (κ2) is 8.78. The quantitative estimate of drug-likeness (QED) is 0.407. The number of nitrogens with one attached hydrogen (secondary N) is 2. The predicted octanol–water partition coefficient (Wildman–Crippen LogP) is 6.37. The van der Waals surface area contributed by atoms with Crippen LogP contribution in [0.3, 0.4) is 0 Å². The van der Waals surface area contributed by atoms with Crippen LogP contribution in [0, 0.1) is 25.5 Å². The number of H-pyrrole nitrogens is 2. The third-order valence-corrected chi connectivity index (χ3v) is 5.49. The van der Waals surface area contributed by atoms with Crippen LogP contribution >= 0.6 is 0 Å². The minimum Gasteiger partial charge on any atom is -0.494 e. The molecule has 6 heteroatoms. The molecular weight excluding hydrogens is 386 g/mol. The molecule has 2 aromatic heterocycles. The fourth-order valence-electron chi connectivity index (χ4n) is 4.00. The average molecular weight is 414 g/mol. The second-order valence-electron chi connectivity index (χ2n) is 7.23. The molecule has 0 saturated carbocycles. The van der Waals surface area contributed by atoms with Gasteiger partial charge in [-0.15, -0.1) is 0 Å². The number of methoxy groups -OCH3 is 2. The molecule has 0 radical (unpaired) electrons. The first-order valence-corrected chi connectivity index (χ1v) is 10.0. The number of hydrogen-bond donors (Lipinski definition) is 2. The molecule has 4 aromatic rings. The number of hydrogen-bond acceptors (Lipinski definition) is 2. The van der Waals surface area contributed by atoms with E-state index in [1.807, 2.05) is 13.8 Å². The monoisotopic (exact) mass is 414 g/mol. The number of halogens is 2. The smallest absolute Gasteiger partial charge is 0.167 e. The standard InChI is InChI=1S/2C12H14FNO/c2*1-4-8-7(2)14-11-6-10(13)12(15-3)5-9(8)11/h2*5-6,14H,4H2,1-3H3. The lowest BCUT2D eigenvalue weighted by Crippen LogP contribution is -1.88. The third-order valence-electron chi connectivity index (χ3n) is 5.49. The topological polar surface area (TPSA) is 50.0 Å². The number of aromatic nitrogens is 2. The van der Waals surface area contributed by atoms with Gasteiger partial charge < -0.3 is 19.4 Å². The molecule has 2 N–H and O–H groups in total. The molecule has 160 valence electrons. The number of rotatable bonds is 4. The zero-order valence-electron chi connectivity index (χ0n) is 18.3. The van der Waals surface area contributed by atoms with Gasteiger partial charge >= 0.3 is 0 Å². The lowest BCUT2D eigenvalue weighted by atomic mass is 10.1. The number of ether oxygens (including phenoxy) is 2. The van der Waals surface area contributed by atoms with Crippen LogP contribution in [0.15, 0.2) is 24.3 Å². The van der Waals surface area contributed by atoms with Gasteiger partial charge in [0.15, 0.2) is 23.1 Å². The first-order chi connectivity index (χ1) is 14.3. The van der Waals surface area contributed by atoms with Crippen LogP contribution in [0.1, 0.15) is 36.4 Å². The van der Waals surface area contributed by atoms with Crippen molar-refractivity contribution in [1.29, 1.82) is 0 Å². The van der Waals surface area contributed by atoms with Crippen molar-refractivity contribution in [3.8, 4) is 11.5 Å². The molecular formula is C24H28F2N2O2. The van der Waals surface area contributed by atoms with E-state index >= 15 is 0 Å². The Labute approximate surface area is 175 Å². The molecule has 0 fully saturated rings. The van der Waals surface area contributed by atoms with Crippen molar-refractivity contribution in [2.45, 2.75) is 40.5 Å². The van der Waals surface area contributed by atoms with Gasteiger partial charge in [-0.1, -0.05) is 13.8 Å². The number of aryl methyl sites for hydroxylation is 4. The summed E-state index contributed by atoms with van der Waals surface area (Å²) in [5, 5.41) is 2.10. The van der Waals surface area contributed by atoms with Gasteiger partial charge in [-0.3, -0.25) is 0 Å². The minimum atomic E-state index is -0.325. The van der Waals surface area contributed by atoms with E-state index in [0.29, 0.717) is 11.5 Å². The SMILES string of the molecule is CCc1c(C)[nH]c2cc(F)c(OC)cc12.CCc1c(C)[nH]c2cc(F)c(OC)cc12. The van der Waals surface area contributed by atoms with Crippen molar-refractivity contribution in [1.82, 2.24) is 9.97 Å². The van der Waals surface area contributed by atoms with Crippen molar-refractivity contribution in [2.24, 2.45) is 0 Å². The maximum atomic E-state index is 13.4. The van der Waals surface area contributed by atoms with E-state index in [1.54, 1.807) is 12.1 Å². The highest BCUT2D eigenvalue weighted by atomic mass is 19.1. The predicted molar refractivity (Wildman–Crippen MR) is 118 cm³/mol. The Bertz CT molecular complexity index is 1100. The van der Waals surface area contributed by atoms with Crippen LogP contribution in [-0.2, 0) is 12.8 Å². The van der Waals surface area contributed by atoms with Gasteiger partial charge in [-0.2, -0.15) is 0 Å². The number of fused-ring (bicyclic) bond motifs is 2. The number of aromatic amines is 2. The third kappa shape index (κ3) is 3.86. The zero-order chi connectivity index (χ0) is 22.0. The molecule has 2 aromatic carbocycles. The van der Waals surface area contributed by atoms with Gasteiger partial charge in [0.1, 0.15) is 0 Å². The van der Waals surface area contributed by atoms with E-state index in [0.717, 1.165) is 46.0 Å². The fourth-order valence-corrected chi connectivity index (χ4v) is 4.00.